The van der Waals surface area contributed by atoms with E-state index >= 15 is 0 Å². The minimum absolute atomic E-state index is 0.0847. The third kappa shape index (κ3) is 1.53. The summed E-state index contributed by atoms with van der Waals surface area (Å²) in [7, 11) is 1.86. The van der Waals surface area contributed by atoms with Crippen LogP contribution in [-0.4, -0.2) is 14.8 Å². The van der Waals surface area contributed by atoms with Crippen LogP contribution >= 0.6 is 11.6 Å². The summed E-state index contributed by atoms with van der Waals surface area (Å²) < 4.78 is 1.74. The van der Waals surface area contributed by atoms with Gasteiger partial charge in [-0.05, 0) is 0 Å². The number of fused-ring (bicyclic) bond motifs is 1. The molecule has 0 fully saturated rings. The molecule has 0 amide bonds. The maximum absolute atomic E-state index is 6.23. The van der Waals surface area contributed by atoms with Gasteiger partial charge in [0.25, 0.3) is 0 Å². The van der Waals surface area contributed by atoms with E-state index in [-0.39, 0.29) is 5.41 Å². The molecule has 0 atom stereocenters. The van der Waals surface area contributed by atoms with Gasteiger partial charge in [0.15, 0.2) is 5.65 Å². The van der Waals surface area contributed by atoms with Crippen molar-refractivity contribution in [3.05, 3.63) is 16.9 Å². The van der Waals surface area contributed by atoms with Crippen LogP contribution in [0.25, 0.3) is 11.0 Å². The van der Waals surface area contributed by atoms with Gasteiger partial charge in [-0.15, -0.1) is 0 Å². The quantitative estimate of drug-likeness (QED) is 0.767. The van der Waals surface area contributed by atoms with Gasteiger partial charge in [-0.3, -0.25) is 4.68 Å². The topological polar surface area (TPSA) is 56.7 Å². The predicted octanol–water partition coefficient (Wildman–Crippen LogP) is 2.50. The highest BCUT2D eigenvalue weighted by atomic mass is 35.5. The number of nitrogens with two attached hydrogens (primary N) is 1. The Bertz CT molecular complexity index is 551. The van der Waals surface area contributed by atoms with Gasteiger partial charge in [-0.2, -0.15) is 5.10 Å². The number of pyridine rings is 1. The molecule has 4 nitrogen and oxygen atoms in total. The number of aromatic nitrogens is 3. The highest BCUT2D eigenvalue weighted by Gasteiger charge is 2.24. The van der Waals surface area contributed by atoms with Crippen molar-refractivity contribution in [1.29, 1.82) is 0 Å². The van der Waals surface area contributed by atoms with E-state index in [4.69, 9.17) is 17.3 Å². The van der Waals surface area contributed by atoms with E-state index in [2.05, 4.69) is 30.9 Å². The summed E-state index contributed by atoms with van der Waals surface area (Å²) in [6.45, 7) is 6.27. The van der Waals surface area contributed by atoms with Crippen LogP contribution in [0.2, 0.25) is 5.02 Å². The highest BCUT2D eigenvalue weighted by molar-refractivity contribution is 6.38. The van der Waals surface area contributed by atoms with Crippen LogP contribution in [0.15, 0.2) is 6.20 Å². The number of halogens is 1. The molecule has 0 saturated carbocycles. The molecule has 2 N–H and O–H groups in total. The van der Waals surface area contributed by atoms with Crippen molar-refractivity contribution in [2.45, 2.75) is 26.2 Å². The summed E-state index contributed by atoms with van der Waals surface area (Å²) in [5, 5.41) is 5.88. The largest absolute Gasteiger partial charge is 0.396 e. The number of rotatable bonds is 0. The van der Waals surface area contributed by atoms with Crippen molar-refractivity contribution >= 4 is 28.3 Å². The van der Waals surface area contributed by atoms with Crippen molar-refractivity contribution in [2.75, 3.05) is 5.73 Å². The Balaban J connectivity index is 2.92. The summed E-state index contributed by atoms with van der Waals surface area (Å²) in [6.07, 6.45) is 1.57. The molecule has 0 aromatic carbocycles. The summed E-state index contributed by atoms with van der Waals surface area (Å²) in [5.74, 6) is 0. The Morgan fingerprint density at radius 1 is 1.38 bits per heavy atom. The Kier molecular flexibility index (Phi) is 2.35. The monoisotopic (exact) mass is 238 g/mol. The van der Waals surface area contributed by atoms with E-state index in [0.29, 0.717) is 10.7 Å². The van der Waals surface area contributed by atoms with E-state index < -0.39 is 0 Å². The van der Waals surface area contributed by atoms with Crippen molar-refractivity contribution in [3.8, 4) is 0 Å². The molecule has 0 aliphatic rings. The first-order valence-corrected chi connectivity index (χ1v) is 5.47. The lowest BCUT2D eigenvalue weighted by Crippen LogP contribution is -2.13. The molecule has 0 unspecified atom stereocenters. The van der Waals surface area contributed by atoms with Gasteiger partial charge in [-0.25, -0.2) is 4.98 Å². The van der Waals surface area contributed by atoms with E-state index in [1.165, 1.54) is 0 Å². The molecule has 0 aliphatic heterocycles. The lowest BCUT2D eigenvalue weighted by Gasteiger charge is -2.15. The molecule has 2 heterocycles. The van der Waals surface area contributed by atoms with Gasteiger partial charge in [-0.1, -0.05) is 32.4 Å². The van der Waals surface area contributed by atoms with Crippen LogP contribution in [0.1, 0.15) is 26.5 Å². The maximum Gasteiger partial charge on any atom is 0.159 e. The molecule has 0 bridgehead atoms. The van der Waals surface area contributed by atoms with Crippen LogP contribution in [0.4, 0.5) is 5.69 Å². The third-order valence-corrected chi connectivity index (χ3v) is 2.93. The van der Waals surface area contributed by atoms with E-state index in [1.807, 2.05) is 7.05 Å². The molecule has 0 aliphatic carbocycles. The molecule has 2 rings (SSSR count). The molecule has 0 radical (unpaired) electrons. The predicted molar refractivity (Wildman–Crippen MR) is 66.6 cm³/mol. The first-order chi connectivity index (χ1) is 7.32. The van der Waals surface area contributed by atoms with Crippen molar-refractivity contribution in [3.63, 3.8) is 0 Å². The molecule has 16 heavy (non-hydrogen) atoms. The number of aryl methyl sites for hydroxylation is 1. The standard InChI is InChI=1S/C11H15ClN4/c1-11(2,3)9-7-8(12)6(13)5-14-10(7)16(4)15-9/h5H,13H2,1-4H3. The molecule has 5 heteroatoms. The van der Waals surface area contributed by atoms with Crippen LogP contribution in [0.5, 0.6) is 0 Å². The Labute approximate surface area is 99.4 Å². The summed E-state index contributed by atoms with van der Waals surface area (Å²) in [6, 6.07) is 0. The number of nitrogens with zero attached hydrogens (tertiary/aromatic N) is 3. The van der Waals surface area contributed by atoms with Crippen molar-refractivity contribution in [1.82, 2.24) is 14.8 Å². The van der Waals surface area contributed by atoms with Crippen molar-refractivity contribution < 1.29 is 0 Å². The van der Waals surface area contributed by atoms with Gasteiger partial charge in [0.1, 0.15) is 0 Å². The molecule has 0 saturated heterocycles. The van der Waals surface area contributed by atoms with Gasteiger partial charge in [0.05, 0.1) is 28.0 Å². The molecular weight excluding hydrogens is 224 g/mol. The van der Waals surface area contributed by atoms with Gasteiger partial charge in [0, 0.05) is 12.5 Å². The van der Waals surface area contributed by atoms with E-state index in [0.717, 1.165) is 16.7 Å². The van der Waals surface area contributed by atoms with Crippen LogP contribution < -0.4 is 5.73 Å². The molecular formula is C11H15ClN4. The molecule has 2 aromatic heterocycles. The zero-order valence-electron chi connectivity index (χ0n) is 9.87. The Morgan fingerprint density at radius 3 is 2.56 bits per heavy atom. The number of nitrogen functional groups attached to an aromatic ring is 1. The molecule has 2 aromatic rings. The van der Waals surface area contributed by atoms with Crippen LogP contribution in [-0.2, 0) is 12.5 Å². The fraction of sp³-hybridized carbons (Fsp3) is 0.455. The van der Waals surface area contributed by atoms with E-state index in [9.17, 15) is 0 Å². The fourth-order valence-corrected chi connectivity index (χ4v) is 1.94. The highest BCUT2D eigenvalue weighted by Crippen LogP contribution is 2.35. The van der Waals surface area contributed by atoms with Gasteiger partial charge in [0.2, 0.25) is 0 Å². The number of hydrogen-bond acceptors (Lipinski definition) is 3. The minimum atomic E-state index is -0.0847. The number of hydrogen-bond donors (Lipinski definition) is 1. The maximum atomic E-state index is 6.23. The smallest absolute Gasteiger partial charge is 0.159 e. The fourth-order valence-electron chi connectivity index (χ4n) is 1.72. The summed E-state index contributed by atoms with van der Waals surface area (Å²) >= 11 is 6.23. The van der Waals surface area contributed by atoms with Gasteiger partial charge < -0.3 is 5.73 Å². The average molecular weight is 239 g/mol. The van der Waals surface area contributed by atoms with Crippen molar-refractivity contribution in [2.24, 2.45) is 7.05 Å². The lowest BCUT2D eigenvalue weighted by atomic mass is 9.90. The zero-order chi connectivity index (χ0) is 12.1. The second kappa shape index (κ2) is 3.35. The third-order valence-electron chi connectivity index (χ3n) is 2.53. The first kappa shape index (κ1) is 11.2. The summed E-state index contributed by atoms with van der Waals surface area (Å²) in [5.41, 5.74) is 7.88. The average Bonchev–Trinajstić information content (AvgIpc) is 2.50. The zero-order valence-corrected chi connectivity index (χ0v) is 10.6. The second-order valence-corrected chi connectivity index (χ2v) is 5.33. The van der Waals surface area contributed by atoms with E-state index in [1.54, 1.807) is 10.9 Å². The lowest BCUT2D eigenvalue weighted by molar-refractivity contribution is 0.558. The van der Waals surface area contributed by atoms with Crippen LogP contribution in [0.3, 0.4) is 0 Å². The second-order valence-electron chi connectivity index (χ2n) is 4.95. The Hall–Kier alpha value is -1.29. The SMILES string of the molecule is Cn1nc(C(C)(C)C)c2c(Cl)c(N)cnc21. The van der Waals surface area contributed by atoms with Gasteiger partial charge >= 0.3 is 0 Å². The Morgan fingerprint density at radius 2 is 2.00 bits per heavy atom. The van der Waals surface area contributed by atoms with Crippen LogP contribution in [0, 0.1) is 0 Å². The first-order valence-electron chi connectivity index (χ1n) is 5.09. The minimum Gasteiger partial charge on any atom is -0.396 e. The summed E-state index contributed by atoms with van der Waals surface area (Å²) in [4.78, 5) is 4.27. The molecule has 86 valence electrons. The number of anilines is 1. The normalized spacial score (nSPS) is 12.3. The molecule has 0 spiro atoms.